The number of rotatable bonds is 6. The zero-order chi connectivity index (χ0) is 12.7. The standard InChI is InChI=1S/C13H17NO3/c1-3-4-9-17-13-7-5-12(6-8-13)10-11(2)14(15)16/h5-8,10H,3-4,9H2,1-2H3/b11-10+. The Balaban J connectivity index is 2.62. The Hall–Kier alpha value is -1.84. The summed E-state index contributed by atoms with van der Waals surface area (Å²) in [5, 5.41) is 10.5. The average molecular weight is 235 g/mol. The van der Waals surface area contributed by atoms with Gasteiger partial charge >= 0.3 is 0 Å². The third-order valence-corrected chi connectivity index (χ3v) is 2.31. The van der Waals surface area contributed by atoms with E-state index in [9.17, 15) is 10.1 Å². The summed E-state index contributed by atoms with van der Waals surface area (Å²) < 4.78 is 5.50. The molecule has 0 unspecified atom stereocenters. The molecule has 0 bridgehead atoms. The molecule has 0 saturated carbocycles. The monoisotopic (exact) mass is 235 g/mol. The fraction of sp³-hybridized carbons (Fsp3) is 0.385. The molecule has 0 spiro atoms. The Bertz CT molecular complexity index is 396. The molecule has 0 atom stereocenters. The Morgan fingerprint density at radius 2 is 2.06 bits per heavy atom. The molecule has 17 heavy (non-hydrogen) atoms. The van der Waals surface area contributed by atoms with E-state index in [2.05, 4.69) is 6.92 Å². The van der Waals surface area contributed by atoms with Crippen LogP contribution in [-0.2, 0) is 0 Å². The minimum absolute atomic E-state index is 0.129. The van der Waals surface area contributed by atoms with Crippen LogP contribution in [0.15, 0.2) is 30.0 Å². The third-order valence-electron chi connectivity index (χ3n) is 2.31. The van der Waals surface area contributed by atoms with Gasteiger partial charge in [-0.3, -0.25) is 10.1 Å². The van der Waals surface area contributed by atoms with E-state index < -0.39 is 4.92 Å². The van der Waals surface area contributed by atoms with E-state index in [-0.39, 0.29) is 5.70 Å². The van der Waals surface area contributed by atoms with Crippen molar-refractivity contribution in [1.29, 1.82) is 0 Å². The first-order valence-corrected chi connectivity index (χ1v) is 5.69. The van der Waals surface area contributed by atoms with Crippen LogP contribution in [0.5, 0.6) is 5.75 Å². The van der Waals surface area contributed by atoms with Crippen molar-refractivity contribution in [2.24, 2.45) is 0 Å². The van der Waals surface area contributed by atoms with Crippen molar-refractivity contribution in [2.45, 2.75) is 26.7 Å². The zero-order valence-electron chi connectivity index (χ0n) is 10.2. The Kier molecular flexibility index (Phi) is 5.20. The summed E-state index contributed by atoms with van der Waals surface area (Å²) in [4.78, 5) is 10.1. The predicted octanol–water partition coefficient (Wildman–Crippen LogP) is 3.50. The van der Waals surface area contributed by atoms with Crippen LogP contribution in [0.2, 0.25) is 0 Å². The van der Waals surface area contributed by atoms with Crippen molar-refractivity contribution in [3.05, 3.63) is 45.6 Å². The van der Waals surface area contributed by atoms with Crippen molar-refractivity contribution in [2.75, 3.05) is 6.61 Å². The van der Waals surface area contributed by atoms with Crippen LogP contribution in [-0.4, -0.2) is 11.5 Å². The molecule has 1 rings (SSSR count). The van der Waals surface area contributed by atoms with Crippen LogP contribution in [0.1, 0.15) is 32.3 Å². The second kappa shape index (κ2) is 6.68. The summed E-state index contributed by atoms with van der Waals surface area (Å²) >= 11 is 0. The molecule has 4 heteroatoms. The number of hydrogen-bond acceptors (Lipinski definition) is 3. The van der Waals surface area contributed by atoms with E-state index in [1.54, 1.807) is 0 Å². The largest absolute Gasteiger partial charge is 0.494 e. The fourth-order valence-electron chi connectivity index (χ4n) is 1.29. The van der Waals surface area contributed by atoms with E-state index >= 15 is 0 Å². The molecule has 0 aliphatic rings. The lowest BCUT2D eigenvalue weighted by atomic mass is 10.2. The summed E-state index contributed by atoms with van der Waals surface area (Å²) in [5.74, 6) is 0.800. The maximum absolute atomic E-state index is 10.5. The van der Waals surface area contributed by atoms with Gasteiger partial charge in [-0.25, -0.2) is 0 Å². The number of hydrogen-bond donors (Lipinski definition) is 0. The summed E-state index contributed by atoms with van der Waals surface area (Å²) in [6.07, 6.45) is 3.67. The van der Waals surface area contributed by atoms with Crippen molar-refractivity contribution in [3.8, 4) is 5.75 Å². The molecule has 0 fully saturated rings. The van der Waals surface area contributed by atoms with Crippen LogP contribution in [0.4, 0.5) is 0 Å². The van der Waals surface area contributed by atoms with E-state index in [0.29, 0.717) is 6.61 Å². The number of unbranched alkanes of at least 4 members (excludes halogenated alkanes) is 1. The average Bonchev–Trinajstić information content (AvgIpc) is 2.31. The SMILES string of the molecule is CCCCOc1ccc(/C=C(\C)[N+](=O)[O-])cc1. The first-order valence-electron chi connectivity index (χ1n) is 5.69. The van der Waals surface area contributed by atoms with Crippen molar-refractivity contribution < 1.29 is 9.66 Å². The topological polar surface area (TPSA) is 52.4 Å². The van der Waals surface area contributed by atoms with Crippen molar-refractivity contribution in [3.63, 3.8) is 0 Å². The van der Waals surface area contributed by atoms with E-state index in [0.717, 1.165) is 24.2 Å². The van der Waals surface area contributed by atoms with Gasteiger partial charge in [0.25, 0.3) is 0 Å². The van der Waals surface area contributed by atoms with Gasteiger partial charge in [-0.15, -0.1) is 0 Å². The van der Waals surface area contributed by atoms with Gasteiger partial charge in [-0.1, -0.05) is 25.5 Å². The van der Waals surface area contributed by atoms with Crippen LogP contribution in [0.3, 0.4) is 0 Å². The lowest BCUT2D eigenvalue weighted by molar-refractivity contribution is -0.422. The van der Waals surface area contributed by atoms with Crippen LogP contribution in [0, 0.1) is 10.1 Å². The minimum Gasteiger partial charge on any atom is -0.494 e. The highest BCUT2D eigenvalue weighted by Gasteiger charge is 2.01. The summed E-state index contributed by atoms with van der Waals surface area (Å²) in [5.41, 5.74) is 0.937. The summed E-state index contributed by atoms with van der Waals surface area (Å²) in [6.45, 7) is 4.29. The molecule has 1 aromatic rings. The second-order valence-corrected chi connectivity index (χ2v) is 3.81. The van der Waals surface area contributed by atoms with Gasteiger partial charge in [0.2, 0.25) is 5.70 Å². The molecule has 0 saturated heterocycles. The molecule has 0 aliphatic heterocycles. The lowest BCUT2D eigenvalue weighted by Gasteiger charge is -2.04. The second-order valence-electron chi connectivity index (χ2n) is 3.81. The Labute approximate surface area is 101 Å². The maximum atomic E-state index is 10.5. The lowest BCUT2D eigenvalue weighted by Crippen LogP contribution is -1.96. The Morgan fingerprint density at radius 1 is 1.41 bits per heavy atom. The number of nitro groups is 1. The van der Waals surface area contributed by atoms with E-state index in [4.69, 9.17) is 4.74 Å². The first kappa shape index (κ1) is 13.2. The molecule has 0 amide bonds. The highest BCUT2D eigenvalue weighted by molar-refractivity contribution is 5.51. The van der Waals surface area contributed by atoms with Crippen LogP contribution in [0.25, 0.3) is 6.08 Å². The van der Waals surface area contributed by atoms with Gasteiger partial charge < -0.3 is 4.74 Å². The van der Waals surface area contributed by atoms with Crippen molar-refractivity contribution >= 4 is 6.08 Å². The van der Waals surface area contributed by atoms with Gasteiger partial charge in [0.1, 0.15) is 5.75 Å². The van der Waals surface area contributed by atoms with Gasteiger partial charge in [-0.05, 0) is 24.1 Å². The number of ether oxygens (including phenoxy) is 1. The number of allylic oxidation sites excluding steroid dienone is 1. The molecule has 4 nitrogen and oxygen atoms in total. The van der Waals surface area contributed by atoms with E-state index in [1.165, 1.54) is 13.0 Å². The maximum Gasteiger partial charge on any atom is 0.243 e. The minimum atomic E-state index is -0.397. The molecular formula is C13H17NO3. The zero-order valence-corrected chi connectivity index (χ0v) is 10.2. The molecule has 0 aliphatic carbocycles. The number of benzene rings is 1. The number of nitrogens with zero attached hydrogens (tertiary/aromatic N) is 1. The molecule has 0 heterocycles. The highest BCUT2D eigenvalue weighted by Crippen LogP contribution is 2.15. The molecule has 0 aromatic heterocycles. The first-order chi connectivity index (χ1) is 8.13. The van der Waals surface area contributed by atoms with Crippen molar-refractivity contribution in [1.82, 2.24) is 0 Å². The molecule has 0 radical (unpaired) electrons. The Morgan fingerprint density at radius 3 is 2.59 bits per heavy atom. The summed E-state index contributed by atoms with van der Waals surface area (Å²) in [7, 11) is 0. The van der Waals surface area contributed by atoms with Gasteiger partial charge in [0.15, 0.2) is 0 Å². The smallest absolute Gasteiger partial charge is 0.243 e. The molecule has 1 aromatic carbocycles. The highest BCUT2D eigenvalue weighted by atomic mass is 16.6. The quantitative estimate of drug-likeness (QED) is 0.430. The molecule has 0 N–H and O–H groups in total. The van der Waals surface area contributed by atoms with Gasteiger partial charge in [-0.2, -0.15) is 0 Å². The van der Waals surface area contributed by atoms with Gasteiger partial charge in [0, 0.05) is 13.0 Å². The fourth-order valence-corrected chi connectivity index (χ4v) is 1.29. The van der Waals surface area contributed by atoms with Crippen LogP contribution < -0.4 is 4.74 Å². The molecule has 92 valence electrons. The van der Waals surface area contributed by atoms with Gasteiger partial charge in [0.05, 0.1) is 11.5 Å². The van der Waals surface area contributed by atoms with Crippen LogP contribution >= 0.6 is 0 Å². The molecular weight excluding hydrogens is 218 g/mol. The predicted molar refractivity (Wildman–Crippen MR) is 67.5 cm³/mol. The normalized spacial score (nSPS) is 11.3. The van der Waals surface area contributed by atoms with E-state index in [1.807, 2.05) is 24.3 Å². The third kappa shape index (κ3) is 4.68. The summed E-state index contributed by atoms with van der Waals surface area (Å²) in [6, 6.07) is 7.28.